The van der Waals surface area contributed by atoms with E-state index >= 15 is 0 Å². The molecule has 0 saturated carbocycles. The fourth-order valence-electron chi connectivity index (χ4n) is 4.68. The van der Waals surface area contributed by atoms with Crippen LogP contribution < -0.4 is 5.32 Å². The Bertz CT molecular complexity index is 1460. The van der Waals surface area contributed by atoms with Crippen LogP contribution in [0.2, 0.25) is 0 Å². The Kier molecular flexibility index (Phi) is 9.76. The minimum atomic E-state index is -3.96. The van der Waals surface area contributed by atoms with Gasteiger partial charge in [0.25, 0.3) is 15.9 Å². The Balaban J connectivity index is 1.55. The standard InChI is InChI=1S/C30H32BrN3O5S/c1-2-18-32-29(36)26(20-22-9-4-3-5-10-22)33(21-23-14-16-24(31)17-15-23)28(35)13-8-19-34-30(37)25-11-6-7-12-27(25)40(34,38)39/h3-7,9-12,14-17,26H,2,8,13,18-21H2,1H3,(H,32,36). The molecule has 0 aliphatic carbocycles. The second-order valence-corrected chi connectivity index (χ2v) is 12.4. The molecule has 4 rings (SSSR count). The van der Waals surface area contributed by atoms with Crippen molar-refractivity contribution in [1.82, 2.24) is 14.5 Å². The number of sulfonamides is 1. The number of halogens is 1. The van der Waals surface area contributed by atoms with E-state index in [4.69, 9.17) is 0 Å². The van der Waals surface area contributed by atoms with E-state index in [1.165, 1.54) is 12.1 Å². The van der Waals surface area contributed by atoms with Crippen LogP contribution in [0.3, 0.4) is 0 Å². The van der Waals surface area contributed by atoms with E-state index in [9.17, 15) is 22.8 Å². The molecule has 210 valence electrons. The van der Waals surface area contributed by atoms with E-state index in [0.717, 1.165) is 26.3 Å². The van der Waals surface area contributed by atoms with Crippen molar-refractivity contribution in [1.29, 1.82) is 0 Å². The number of rotatable bonds is 12. The monoisotopic (exact) mass is 625 g/mol. The van der Waals surface area contributed by atoms with Crippen molar-refractivity contribution >= 4 is 43.7 Å². The molecular weight excluding hydrogens is 594 g/mol. The highest BCUT2D eigenvalue weighted by Crippen LogP contribution is 2.30. The minimum Gasteiger partial charge on any atom is -0.354 e. The SMILES string of the molecule is CCCNC(=O)C(Cc1ccccc1)N(Cc1ccc(Br)cc1)C(=O)CCCN1C(=O)c2ccccc2S1(=O)=O. The van der Waals surface area contributed by atoms with Crippen LogP contribution >= 0.6 is 15.9 Å². The number of benzene rings is 3. The van der Waals surface area contributed by atoms with E-state index in [1.54, 1.807) is 17.0 Å². The lowest BCUT2D eigenvalue weighted by Crippen LogP contribution is -2.50. The molecule has 40 heavy (non-hydrogen) atoms. The number of nitrogens with zero attached hydrogens (tertiary/aromatic N) is 2. The van der Waals surface area contributed by atoms with Crippen LogP contribution in [0.5, 0.6) is 0 Å². The summed E-state index contributed by atoms with van der Waals surface area (Å²) in [4.78, 5) is 41.5. The van der Waals surface area contributed by atoms with Gasteiger partial charge < -0.3 is 10.2 Å². The summed E-state index contributed by atoms with van der Waals surface area (Å²) < 4.78 is 27.6. The number of hydrogen-bond donors (Lipinski definition) is 1. The van der Waals surface area contributed by atoms with Gasteiger partial charge in [-0.05, 0) is 48.2 Å². The van der Waals surface area contributed by atoms with Gasteiger partial charge in [0.2, 0.25) is 11.8 Å². The Morgan fingerprint density at radius 3 is 2.30 bits per heavy atom. The smallest absolute Gasteiger partial charge is 0.269 e. The molecule has 0 aromatic heterocycles. The number of carbonyl (C=O) groups is 3. The average molecular weight is 627 g/mol. The molecule has 3 amide bonds. The van der Waals surface area contributed by atoms with Crippen molar-refractivity contribution < 1.29 is 22.8 Å². The van der Waals surface area contributed by atoms with Gasteiger partial charge in [0.1, 0.15) is 10.9 Å². The van der Waals surface area contributed by atoms with Crippen molar-refractivity contribution in [2.75, 3.05) is 13.1 Å². The second kappa shape index (κ2) is 13.2. The number of fused-ring (bicyclic) bond motifs is 1. The van der Waals surface area contributed by atoms with Crippen molar-refractivity contribution in [2.24, 2.45) is 0 Å². The first-order valence-electron chi connectivity index (χ1n) is 13.2. The zero-order valence-corrected chi connectivity index (χ0v) is 24.7. The van der Waals surface area contributed by atoms with Crippen LogP contribution in [-0.4, -0.2) is 54.5 Å². The number of amides is 3. The van der Waals surface area contributed by atoms with E-state index in [1.807, 2.05) is 61.5 Å². The van der Waals surface area contributed by atoms with E-state index in [2.05, 4.69) is 21.2 Å². The summed E-state index contributed by atoms with van der Waals surface area (Å²) >= 11 is 3.43. The van der Waals surface area contributed by atoms with Crippen molar-refractivity contribution in [2.45, 2.75) is 50.1 Å². The minimum absolute atomic E-state index is 0.0151. The van der Waals surface area contributed by atoms with Crippen molar-refractivity contribution in [3.63, 3.8) is 0 Å². The highest BCUT2D eigenvalue weighted by Gasteiger charge is 2.40. The summed E-state index contributed by atoms with van der Waals surface area (Å²) in [5, 5.41) is 2.94. The maximum Gasteiger partial charge on any atom is 0.269 e. The fourth-order valence-corrected chi connectivity index (χ4v) is 6.55. The van der Waals surface area contributed by atoms with Crippen molar-refractivity contribution in [3.8, 4) is 0 Å². The highest BCUT2D eigenvalue weighted by atomic mass is 79.9. The number of nitrogens with one attached hydrogen (secondary N) is 1. The molecule has 0 radical (unpaired) electrons. The zero-order chi connectivity index (χ0) is 28.7. The molecule has 1 aliphatic rings. The molecular formula is C30H32BrN3O5S. The van der Waals surface area contributed by atoms with Crippen molar-refractivity contribution in [3.05, 3.63) is 100 Å². The normalized spacial score (nSPS) is 14.4. The molecule has 0 bridgehead atoms. The summed E-state index contributed by atoms with van der Waals surface area (Å²) in [6.45, 7) is 2.53. The Hall–Kier alpha value is -3.50. The van der Waals surface area contributed by atoms with Crippen LogP contribution in [0.1, 0.15) is 47.7 Å². The number of hydrogen-bond acceptors (Lipinski definition) is 5. The van der Waals surface area contributed by atoms with Gasteiger partial charge in [0, 0.05) is 36.9 Å². The molecule has 1 aliphatic heterocycles. The molecule has 1 heterocycles. The molecule has 0 saturated heterocycles. The van der Waals surface area contributed by atoms with Gasteiger partial charge in [-0.15, -0.1) is 0 Å². The van der Waals surface area contributed by atoms with Crippen LogP contribution in [0.15, 0.2) is 88.2 Å². The third-order valence-electron chi connectivity index (χ3n) is 6.75. The quantitative estimate of drug-likeness (QED) is 0.318. The average Bonchev–Trinajstić information content (AvgIpc) is 3.15. The second-order valence-electron chi connectivity index (χ2n) is 9.63. The third-order valence-corrected chi connectivity index (χ3v) is 9.12. The van der Waals surface area contributed by atoms with Gasteiger partial charge in [-0.1, -0.05) is 77.5 Å². The highest BCUT2D eigenvalue weighted by molar-refractivity contribution is 9.10. The molecule has 10 heteroatoms. The predicted octanol–water partition coefficient (Wildman–Crippen LogP) is 4.54. The summed E-state index contributed by atoms with van der Waals surface area (Å²) in [5.74, 6) is -1.13. The lowest BCUT2D eigenvalue weighted by Gasteiger charge is -2.32. The van der Waals surface area contributed by atoms with Crippen LogP contribution in [0.25, 0.3) is 0 Å². The van der Waals surface area contributed by atoms with E-state index < -0.39 is 22.0 Å². The van der Waals surface area contributed by atoms with Gasteiger partial charge in [0.15, 0.2) is 0 Å². The Labute approximate surface area is 243 Å². The zero-order valence-electron chi connectivity index (χ0n) is 22.3. The molecule has 8 nitrogen and oxygen atoms in total. The summed E-state index contributed by atoms with van der Waals surface area (Å²) in [5.41, 5.74) is 1.91. The Morgan fingerprint density at radius 1 is 0.950 bits per heavy atom. The van der Waals surface area contributed by atoms with E-state index in [0.29, 0.717) is 13.0 Å². The summed E-state index contributed by atoms with van der Waals surface area (Å²) in [7, 11) is -3.96. The van der Waals surface area contributed by atoms with Gasteiger partial charge in [-0.25, -0.2) is 12.7 Å². The Morgan fingerprint density at radius 2 is 1.62 bits per heavy atom. The fraction of sp³-hybridized carbons (Fsp3) is 0.300. The molecule has 0 fully saturated rings. The van der Waals surface area contributed by atoms with Gasteiger partial charge in [0.05, 0.1) is 5.56 Å². The van der Waals surface area contributed by atoms with E-state index in [-0.39, 0.29) is 48.2 Å². The summed E-state index contributed by atoms with van der Waals surface area (Å²) in [6.07, 6.45) is 1.18. The predicted molar refractivity (Wildman–Crippen MR) is 156 cm³/mol. The first-order chi connectivity index (χ1) is 19.2. The molecule has 3 aromatic rings. The number of carbonyl (C=O) groups excluding carboxylic acids is 3. The summed E-state index contributed by atoms with van der Waals surface area (Å²) in [6, 6.07) is 22.4. The third kappa shape index (κ3) is 6.79. The molecule has 1 unspecified atom stereocenters. The molecule has 1 N–H and O–H groups in total. The van der Waals surface area contributed by atoms with Crippen LogP contribution in [0, 0.1) is 0 Å². The molecule has 3 aromatic carbocycles. The van der Waals surface area contributed by atoms with Gasteiger partial charge in [-0.3, -0.25) is 14.4 Å². The lowest BCUT2D eigenvalue weighted by molar-refractivity contribution is -0.141. The van der Waals surface area contributed by atoms with Crippen LogP contribution in [-0.2, 0) is 32.6 Å². The molecule has 1 atom stereocenters. The maximum absolute atomic E-state index is 13.7. The first-order valence-corrected chi connectivity index (χ1v) is 15.5. The first kappa shape index (κ1) is 29.5. The topological polar surface area (TPSA) is 104 Å². The molecule has 0 spiro atoms. The van der Waals surface area contributed by atoms with Crippen LogP contribution in [0.4, 0.5) is 0 Å². The van der Waals surface area contributed by atoms with Gasteiger partial charge in [-0.2, -0.15) is 0 Å². The largest absolute Gasteiger partial charge is 0.354 e. The lowest BCUT2D eigenvalue weighted by atomic mass is 10.0. The maximum atomic E-state index is 13.7. The van der Waals surface area contributed by atoms with Gasteiger partial charge >= 0.3 is 0 Å².